The zero-order chi connectivity index (χ0) is 20.3. The SMILES string of the molecule is Cc1cccc(C(NC(=O)CCC2Cc3ccccc3NC2=O)C(=O)O)c1C. The van der Waals surface area contributed by atoms with Gasteiger partial charge in [-0.05, 0) is 55.0 Å². The first-order chi connectivity index (χ1) is 13.4. The fourth-order valence-electron chi connectivity index (χ4n) is 3.54. The smallest absolute Gasteiger partial charge is 0.330 e. The number of carboxylic acid groups (broad SMARTS) is 1. The molecule has 28 heavy (non-hydrogen) atoms. The van der Waals surface area contributed by atoms with Gasteiger partial charge < -0.3 is 15.7 Å². The summed E-state index contributed by atoms with van der Waals surface area (Å²) in [7, 11) is 0. The van der Waals surface area contributed by atoms with E-state index in [0.29, 0.717) is 18.4 Å². The van der Waals surface area contributed by atoms with Gasteiger partial charge in [-0.3, -0.25) is 9.59 Å². The van der Waals surface area contributed by atoms with E-state index < -0.39 is 12.0 Å². The van der Waals surface area contributed by atoms with E-state index in [2.05, 4.69) is 10.6 Å². The average molecular weight is 380 g/mol. The lowest BCUT2D eigenvalue weighted by atomic mass is 9.89. The Hall–Kier alpha value is -3.15. The van der Waals surface area contributed by atoms with Crippen LogP contribution in [-0.2, 0) is 20.8 Å². The number of amides is 2. The molecule has 0 saturated heterocycles. The largest absolute Gasteiger partial charge is 0.479 e. The molecule has 3 rings (SSSR count). The van der Waals surface area contributed by atoms with Crippen molar-refractivity contribution in [3.05, 3.63) is 64.7 Å². The summed E-state index contributed by atoms with van der Waals surface area (Å²) in [5.74, 6) is -1.88. The number of carbonyl (C=O) groups is 3. The van der Waals surface area contributed by atoms with Crippen LogP contribution in [0, 0.1) is 19.8 Å². The van der Waals surface area contributed by atoms with Gasteiger partial charge in [0.25, 0.3) is 0 Å². The molecular formula is C22H24N2O4. The number of hydrogen-bond acceptors (Lipinski definition) is 3. The first kappa shape index (κ1) is 19.6. The highest BCUT2D eigenvalue weighted by Gasteiger charge is 2.28. The molecule has 2 aromatic carbocycles. The van der Waals surface area contributed by atoms with Gasteiger partial charge in [0.2, 0.25) is 11.8 Å². The van der Waals surface area contributed by atoms with Crippen LogP contribution in [-0.4, -0.2) is 22.9 Å². The maximum Gasteiger partial charge on any atom is 0.330 e. The van der Waals surface area contributed by atoms with E-state index in [1.807, 2.05) is 44.2 Å². The minimum absolute atomic E-state index is 0.0922. The molecule has 2 atom stereocenters. The Morgan fingerprint density at radius 2 is 1.93 bits per heavy atom. The molecule has 6 nitrogen and oxygen atoms in total. The molecular weight excluding hydrogens is 356 g/mol. The van der Waals surface area contributed by atoms with Crippen LogP contribution in [0.4, 0.5) is 5.69 Å². The fourth-order valence-corrected chi connectivity index (χ4v) is 3.54. The van der Waals surface area contributed by atoms with Gasteiger partial charge in [0.15, 0.2) is 6.04 Å². The zero-order valence-electron chi connectivity index (χ0n) is 16.0. The van der Waals surface area contributed by atoms with E-state index in [4.69, 9.17) is 0 Å². The fraction of sp³-hybridized carbons (Fsp3) is 0.318. The van der Waals surface area contributed by atoms with Gasteiger partial charge in [-0.2, -0.15) is 0 Å². The van der Waals surface area contributed by atoms with Crippen molar-refractivity contribution in [3.63, 3.8) is 0 Å². The van der Waals surface area contributed by atoms with Gasteiger partial charge in [0, 0.05) is 18.0 Å². The van der Waals surface area contributed by atoms with Crippen LogP contribution in [0.3, 0.4) is 0 Å². The number of para-hydroxylation sites is 1. The number of rotatable bonds is 6. The summed E-state index contributed by atoms with van der Waals surface area (Å²) < 4.78 is 0. The number of aryl methyl sites for hydroxylation is 1. The van der Waals surface area contributed by atoms with Crippen molar-refractivity contribution in [2.75, 3.05) is 5.32 Å². The molecule has 2 aromatic rings. The van der Waals surface area contributed by atoms with Crippen molar-refractivity contribution in [1.82, 2.24) is 5.32 Å². The minimum Gasteiger partial charge on any atom is -0.479 e. The van der Waals surface area contributed by atoms with Crippen molar-refractivity contribution in [3.8, 4) is 0 Å². The second kappa shape index (κ2) is 8.25. The van der Waals surface area contributed by atoms with Crippen molar-refractivity contribution in [2.24, 2.45) is 5.92 Å². The number of benzene rings is 2. The second-order valence-electron chi connectivity index (χ2n) is 7.21. The van der Waals surface area contributed by atoms with Gasteiger partial charge in [-0.1, -0.05) is 36.4 Å². The number of fused-ring (bicyclic) bond motifs is 1. The van der Waals surface area contributed by atoms with E-state index in [9.17, 15) is 19.5 Å². The van der Waals surface area contributed by atoms with Crippen molar-refractivity contribution >= 4 is 23.5 Å². The monoisotopic (exact) mass is 380 g/mol. The molecule has 6 heteroatoms. The normalized spacial score (nSPS) is 16.6. The Morgan fingerprint density at radius 3 is 2.68 bits per heavy atom. The molecule has 0 radical (unpaired) electrons. The third kappa shape index (κ3) is 4.22. The Balaban J connectivity index is 1.64. The summed E-state index contributed by atoms with van der Waals surface area (Å²) in [5.41, 5.74) is 4.25. The van der Waals surface area contributed by atoms with Gasteiger partial charge in [-0.15, -0.1) is 0 Å². The summed E-state index contributed by atoms with van der Waals surface area (Å²) in [6.07, 6.45) is 1.04. The van der Waals surface area contributed by atoms with E-state index in [1.54, 1.807) is 12.1 Å². The Morgan fingerprint density at radius 1 is 1.18 bits per heavy atom. The van der Waals surface area contributed by atoms with Crippen LogP contribution in [0.5, 0.6) is 0 Å². The molecule has 0 aromatic heterocycles. The highest BCUT2D eigenvalue weighted by Crippen LogP contribution is 2.28. The topological polar surface area (TPSA) is 95.5 Å². The Kier molecular flexibility index (Phi) is 5.78. The summed E-state index contributed by atoms with van der Waals surface area (Å²) in [4.78, 5) is 36.4. The van der Waals surface area contributed by atoms with Gasteiger partial charge in [-0.25, -0.2) is 4.79 Å². The molecule has 146 valence electrons. The van der Waals surface area contributed by atoms with Crippen LogP contribution < -0.4 is 10.6 Å². The van der Waals surface area contributed by atoms with Crippen LogP contribution in [0.1, 0.15) is 41.1 Å². The highest BCUT2D eigenvalue weighted by atomic mass is 16.4. The number of carboxylic acids is 1. The van der Waals surface area contributed by atoms with E-state index in [0.717, 1.165) is 22.4 Å². The van der Waals surface area contributed by atoms with E-state index in [-0.39, 0.29) is 24.2 Å². The lowest BCUT2D eigenvalue weighted by Crippen LogP contribution is -2.35. The lowest BCUT2D eigenvalue weighted by molar-refractivity contribution is -0.142. The first-order valence-electron chi connectivity index (χ1n) is 9.34. The van der Waals surface area contributed by atoms with Gasteiger partial charge >= 0.3 is 5.97 Å². The second-order valence-corrected chi connectivity index (χ2v) is 7.21. The molecule has 1 aliphatic heterocycles. The van der Waals surface area contributed by atoms with Crippen molar-refractivity contribution in [1.29, 1.82) is 0 Å². The molecule has 0 bridgehead atoms. The average Bonchev–Trinajstić information content (AvgIpc) is 2.66. The number of aliphatic carboxylic acids is 1. The van der Waals surface area contributed by atoms with Crippen molar-refractivity contribution in [2.45, 2.75) is 39.2 Å². The number of hydrogen-bond donors (Lipinski definition) is 3. The predicted molar refractivity (Wildman–Crippen MR) is 106 cm³/mol. The summed E-state index contributed by atoms with van der Waals surface area (Å²) in [5, 5.41) is 15.1. The number of anilines is 1. The van der Waals surface area contributed by atoms with Gasteiger partial charge in [0.05, 0.1) is 0 Å². The molecule has 0 spiro atoms. The predicted octanol–water partition coefficient (Wildman–Crippen LogP) is 3.14. The van der Waals surface area contributed by atoms with Crippen LogP contribution in [0.25, 0.3) is 0 Å². The molecule has 1 heterocycles. The maximum atomic E-state index is 12.4. The van der Waals surface area contributed by atoms with Gasteiger partial charge in [0.1, 0.15) is 0 Å². The minimum atomic E-state index is -1.11. The molecule has 2 unspecified atom stereocenters. The standard InChI is InChI=1S/C22H24N2O4/c1-13-6-5-8-17(14(13)2)20(22(27)28)24-19(25)11-10-16-12-15-7-3-4-9-18(15)23-21(16)26/h3-9,16,20H,10-12H2,1-2H3,(H,23,26)(H,24,25)(H,27,28). The van der Waals surface area contributed by atoms with Crippen molar-refractivity contribution < 1.29 is 19.5 Å². The van der Waals surface area contributed by atoms with E-state index >= 15 is 0 Å². The number of carbonyl (C=O) groups excluding carboxylic acids is 2. The summed E-state index contributed by atoms with van der Waals surface area (Å²) in [6, 6.07) is 11.9. The number of nitrogens with one attached hydrogen (secondary N) is 2. The van der Waals surface area contributed by atoms with Crippen LogP contribution in [0.2, 0.25) is 0 Å². The summed E-state index contributed by atoms with van der Waals surface area (Å²) >= 11 is 0. The molecule has 1 aliphatic rings. The van der Waals surface area contributed by atoms with Crippen LogP contribution >= 0.6 is 0 Å². The third-order valence-electron chi connectivity index (χ3n) is 5.34. The molecule has 3 N–H and O–H groups in total. The quantitative estimate of drug-likeness (QED) is 0.717. The molecule has 0 fully saturated rings. The molecule has 2 amide bonds. The lowest BCUT2D eigenvalue weighted by Gasteiger charge is -2.24. The molecule has 0 aliphatic carbocycles. The Labute approximate surface area is 164 Å². The third-order valence-corrected chi connectivity index (χ3v) is 5.34. The molecule has 0 saturated carbocycles. The first-order valence-corrected chi connectivity index (χ1v) is 9.34. The highest BCUT2D eigenvalue weighted by molar-refractivity contribution is 5.96. The zero-order valence-corrected chi connectivity index (χ0v) is 16.0. The van der Waals surface area contributed by atoms with E-state index in [1.165, 1.54) is 0 Å². The van der Waals surface area contributed by atoms with Crippen LogP contribution in [0.15, 0.2) is 42.5 Å². The Bertz CT molecular complexity index is 923. The summed E-state index contributed by atoms with van der Waals surface area (Å²) in [6.45, 7) is 3.75. The maximum absolute atomic E-state index is 12.4.